The van der Waals surface area contributed by atoms with E-state index in [2.05, 4.69) is 47.1 Å². The van der Waals surface area contributed by atoms with E-state index in [1.807, 2.05) is 7.05 Å². The molecule has 90 valence electrons. The van der Waals surface area contributed by atoms with Crippen LogP contribution in [0.4, 0.5) is 5.69 Å². The van der Waals surface area contributed by atoms with Gasteiger partial charge in [-0.05, 0) is 37.1 Å². The Labute approximate surface area is 110 Å². The van der Waals surface area contributed by atoms with Crippen LogP contribution in [0.25, 0.3) is 0 Å². The van der Waals surface area contributed by atoms with E-state index in [9.17, 15) is 0 Å². The van der Waals surface area contributed by atoms with E-state index >= 15 is 0 Å². The molecule has 1 aromatic heterocycles. The Balaban J connectivity index is 2.17. The SMILES string of the molecule is Cc1ccc(N(C)Cc2nnc(Cl)s2)c(C)c1. The molecule has 0 bridgehead atoms. The highest BCUT2D eigenvalue weighted by atomic mass is 35.5. The highest BCUT2D eigenvalue weighted by molar-refractivity contribution is 7.15. The van der Waals surface area contributed by atoms with Gasteiger partial charge in [-0.1, -0.05) is 29.0 Å². The van der Waals surface area contributed by atoms with E-state index in [0.29, 0.717) is 4.47 Å². The summed E-state index contributed by atoms with van der Waals surface area (Å²) in [6, 6.07) is 6.43. The standard InChI is InChI=1S/C12H14ClN3S/c1-8-4-5-10(9(2)6-8)16(3)7-11-14-15-12(13)17-11/h4-6H,7H2,1-3H3. The predicted octanol–water partition coefficient (Wildman–Crippen LogP) is 3.44. The Morgan fingerprint density at radius 1 is 1.29 bits per heavy atom. The highest BCUT2D eigenvalue weighted by Gasteiger charge is 2.08. The van der Waals surface area contributed by atoms with Crippen LogP contribution in [-0.2, 0) is 6.54 Å². The summed E-state index contributed by atoms with van der Waals surface area (Å²) in [5.41, 5.74) is 3.75. The second kappa shape index (κ2) is 5.02. The zero-order valence-corrected chi connectivity index (χ0v) is 11.6. The molecule has 3 nitrogen and oxygen atoms in total. The lowest BCUT2D eigenvalue weighted by atomic mass is 10.1. The second-order valence-corrected chi connectivity index (χ2v) is 5.74. The monoisotopic (exact) mass is 267 g/mol. The summed E-state index contributed by atoms with van der Waals surface area (Å²) in [4.78, 5) is 2.16. The zero-order chi connectivity index (χ0) is 12.4. The first-order valence-electron chi connectivity index (χ1n) is 5.32. The molecule has 0 N–H and O–H groups in total. The summed E-state index contributed by atoms with van der Waals surface area (Å²) in [6.07, 6.45) is 0. The Hall–Kier alpha value is -1.13. The molecule has 0 saturated heterocycles. The van der Waals surface area contributed by atoms with Crippen molar-refractivity contribution >= 4 is 28.6 Å². The van der Waals surface area contributed by atoms with Gasteiger partial charge in [0, 0.05) is 12.7 Å². The maximum absolute atomic E-state index is 5.77. The Bertz CT molecular complexity index is 524. The van der Waals surface area contributed by atoms with Gasteiger partial charge in [0.1, 0.15) is 5.01 Å². The van der Waals surface area contributed by atoms with Gasteiger partial charge in [0.05, 0.1) is 6.54 Å². The molecule has 0 unspecified atom stereocenters. The van der Waals surface area contributed by atoms with Gasteiger partial charge < -0.3 is 4.90 Å². The average molecular weight is 268 g/mol. The van der Waals surface area contributed by atoms with E-state index in [-0.39, 0.29) is 0 Å². The molecule has 0 atom stereocenters. The number of anilines is 1. The molecule has 1 heterocycles. The fourth-order valence-electron chi connectivity index (χ4n) is 1.82. The lowest BCUT2D eigenvalue weighted by molar-refractivity contribution is 0.876. The predicted molar refractivity (Wildman–Crippen MR) is 72.9 cm³/mol. The number of aryl methyl sites for hydroxylation is 2. The number of aromatic nitrogens is 2. The van der Waals surface area contributed by atoms with Gasteiger partial charge in [0.15, 0.2) is 0 Å². The first-order chi connectivity index (χ1) is 8.06. The molecule has 0 saturated carbocycles. The molecule has 0 radical (unpaired) electrons. The summed E-state index contributed by atoms with van der Waals surface area (Å²) in [6.45, 7) is 4.95. The van der Waals surface area contributed by atoms with Crippen molar-refractivity contribution in [2.45, 2.75) is 20.4 Å². The molecule has 0 aliphatic rings. The molecule has 2 rings (SSSR count). The van der Waals surface area contributed by atoms with Crippen molar-refractivity contribution < 1.29 is 0 Å². The van der Waals surface area contributed by atoms with Crippen molar-refractivity contribution in [1.82, 2.24) is 10.2 Å². The van der Waals surface area contributed by atoms with E-state index in [4.69, 9.17) is 11.6 Å². The third-order valence-electron chi connectivity index (χ3n) is 2.58. The van der Waals surface area contributed by atoms with Crippen LogP contribution >= 0.6 is 22.9 Å². The summed E-state index contributed by atoms with van der Waals surface area (Å²) in [7, 11) is 2.05. The number of hydrogen-bond donors (Lipinski definition) is 0. The van der Waals surface area contributed by atoms with Crippen LogP contribution in [-0.4, -0.2) is 17.2 Å². The largest absolute Gasteiger partial charge is 0.368 e. The van der Waals surface area contributed by atoms with Gasteiger partial charge in [0.2, 0.25) is 4.47 Å². The molecule has 0 fully saturated rings. The molecule has 0 aliphatic carbocycles. The number of rotatable bonds is 3. The minimum absolute atomic E-state index is 0.494. The van der Waals surface area contributed by atoms with Gasteiger partial charge >= 0.3 is 0 Å². The van der Waals surface area contributed by atoms with E-state index in [0.717, 1.165) is 11.6 Å². The number of halogens is 1. The Kier molecular flexibility index (Phi) is 3.64. The summed E-state index contributed by atoms with van der Waals surface area (Å²) < 4.78 is 0.494. The van der Waals surface area contributed by atoms with Crippen molar-refractivity contribution in [2.24, 2.45) is 0 Å². The van der Waals surface area contributed by atoms with E-state index in [1.54, 1.807) is 0 Å². The molecule has 0 spiro atoms. The third-order valence-corrected chi connectivity index (χ3v) is 3.58. The molecule has 1 aromatic carbocycles. The number of benzene rings is 1. The Morgan fingerprint density at radius 3 is 2.65 bits per heavy atom. The van der Waals surface area contributed by atoms with Crippen molar-refractivity contribution in [3.8, 4) is 0 Å². The molecule has 5 heteroatoms. The summed E-state index contributed by atoms with van der Waals surface area (Å²) >= 11 is 7.19. The first kappa shape index (κ1) is 12.3. The van der Waals surface area contributed by atoms with Crippen LogP contribution in [0, 0.1) is 13.8 Å². The first-order valence-corrected chi connectivity index (χ1v) is 6.52. The van der Waals surface area contributed by atoms with Gasteiger partial charge in [-0.3, -0.25) is 0 Å². The fourth-order valence-corrected chi connectivity index (χ4v) is 2.74. The average Bonchev–Trinajstić information content (AvgIpc) is 2.63. The zero-order valence-electron chi connectivity index (χ0n) is 10.1. The van der Waals surface area contributed by atoms with Crippen molar-refractivity contribution in [1.29, 1.82) is 0 Å². The van der Waals surface area contributed by atoms with Crippen molar-refractivity contribution in [2.75, 3.05) is 11.9 Å². The minimum atomic E-state index is 0.494. The lowest BCUT2D eigenvalue weighted by Crippen LogP contribution is -2.17. The van der Waals surface area contributed by atoms with Crippen LogP contribution in [0.2, 0.25) is 4.47 Å². The fraction of sp³-hybridized carbons (Fsp3) is 0.333. The van der Waals surface area contributed by atoms with E-state index in [1.165, 1.54) is 28.2 Å². The Morgan fingerprint density at radius 2 is 2.06 bits per heavy atom. The van der Waals surface area contributed by atoms with E-state index < -0.39 is 0 Å². The topological polar surface area (TPSA) is 29.0 Å². The second-order valence-electron chi connectivity index (χ2n) is 4.09. The highest BCUT2D eigenvalue weighted by Crippen LogP contribution is 2.23. The molecule has 17 heavy (non-hydrogen) atoms. The summed E-state index contributed by atoms with van der Waals surface area (Å²) in [5.74, 6) is 0. The van der Waals surface area contributed by atoms with Crippen LogP contribution in [0.15, 0.2) is 18.2 Å². The van der Waals surface area contributed by atoms with Crippen molar-refractivity contribution in [3.05, 3.63) is 38.8 Å². The number of hydrogen-bond acceptors (Lipinski definition) is 4. The molecular weight excluding hydrogens is 254 g/mol. The summed E-state index contributed by atoms with van der Waals surface area (Å²) in [5, 5.41) is 8.76. The molecule has 0 aliphatic heterocycles. The maximum atomic E-state index is 5.77. The number of nitrogens with zero attached hydrogens (tertiary/aromatic N) is 3. The normalized spacial score (nSPS) is 10.6. The van der Waals surface area contributed by atoms with Gasteiger partial charge in [-0.15, -0.1) is 10.2 Å². The van der Waals surface area contributed by atoms with Crippen LogP contribution < -0.4 is 4.90 Å². The van der Waals surface area contributed by atoms with Gasteiger partial charge in [-0.2, -0.15) is 0 Å². The quantitative estimate of drug-likeness (QED) is 0.853. The maximum Gasteiger partial charge on any atom is 0.207 e. The third kappa shape index (κ3) is 2.96. The molecular formula is C12H14ClN3S. The molecule has 2 aromatic rings. The van der Waals surface area contributed by atoms with Gasteiger partial charge in [-0.25, -0.2) is 0 Å². The van der Waals surface area contributed by atoms with Crippen LogP contribution in [0.3, 0.4) is 0 Å². The van der Waals surface area contributed by atoms with Crippen molar-refractivity contribution in [3.63, 3.8) is 0 Å². The smallest absolute Gasteiger partial charge is 0.207 e. The lowest BCUT2D eigenvalue weighted by Gasteiger charge is -2.20. The minimum Gasteiger partial charge on any atom is -0.368 e. The van der Waals surface area contributed by atoms with Crippen LogP contribution in [0.1, 0.15) is 16.1 Å². The van der Waals surface area contributed by atoms with Gasteiger partial charge in [0.25, 0.3) is 0 Å². The van der Waals surface area contributed by atoms with Crippen LogP contribution in [0.5, 0.6) is 0 Å². The molecule has 0 amide bonds.